The summed E-state index contributed by atoms with van der Waals surface area (Å²) in [4.78, 5) is 79.7. The van der Waals surface area contributed by atoms with Crippen LogP contribution in [0.15, 0.2) is 42.6 Å². The first-order chi connectivity index (χ1) is 34.6. The van der Waals surface area contributed by atoms with Crippen molar-refractivity contribution in [3.05, 3.63) is 70.9 Å². The van der Waals surface area contributed by atoms with Crippen LogP contribution in [0.2, 0.25) is 0 Å². The number of aromatic nitrogens is 5. The van der Waals surface area contributed by atoms with Crippen molar-refractivity contribution >= 4 is 47.0 Å². The first-order valence-electron chi connectivity index (χ1n) is 26.1. The number of unbranched alkanes of at least 4 members (excludes halogenated alkanes) is 7. The fraction of sp³-hybridized carbons (Fsp3) is 0.566. The van der Waals surface area contributed by atoms with Crippen LogP contribution >= 0.6 is 0 Å². The monoisotopic (exact) mass is 972 g/mol. The number of fused-ring (bicyclic) bond motifs is 4. The number of imide groups is 2. The predicted octanol–water partition coefficient (Wildman–Crippen LogP) is 7.76. The zero-order chi connectivity index (χ0) is 49.4. The second-order valence-electron chi connectivity index (χ2n) is 19.9. The fourth-order valence-electron chi connectivity index (χ4n) is 11.1. The summed E-state index contributed by atoms with van der Waals surface area (Å²) < 4.78 is 13.9. The fourth-order valence-corrected chi connectivity index (χ4v) is 11.1. The summed E-state index contributed by atoms with van der Waals surface area (Å²) >= 11 is 0. The van der Waals surface area contributed by atoms with Crippen molar-refractivity contribution in [3.63, 3.8) is 0 Å². The summed E-state index contributed by atoms with van der Waals surface area (Å²) in [5, 5.41) is 17.9. The van der Waals surface area contributed by atoms with Gasteiger partial charge in [-0.3, -0.25) is 38.8 Å². The van der Waals surface area contributed by atoms with Gasteiger partial charge in [0, 0.05) is 37.7 Å². The zero-order valence-corrected chi connectivity index (χ0v) is 41.5. The normalized spacial score (nSPS) is 19.6. The summed E-state index contributed by atoms with van der Waals surface area (Å²) in [7, 11) is 1.61. The van der Waals surface area contributed by atoms with Gasteiger partial charge in [-0.25, -0.2) is 4.98 Å². The lowest BCUT2D eigenvalue weighted by Gasteiger charge is -2.39. The number of methoxy groups -OCH3 is 1. The molecule has 0 radical (unpaired) electrons. The summed E-state index contributed by atoms with van der Waals surface area (Å²) in [6.45, 7) is 8.51. The first-order valence-corrected chi connectivity index (χ1v) is 26.1. The van der Waals surface area contributed by atoms with Crippen molar-refractivity contribution in [3.8, 4) is 17.2 Å². The maximum absolute atomic E-state index is 13.5. The number of ether oxygens (including phenoxy) is 2. The molecule has 1 aliphatic carbocycles. The number of amides is 5. The number of hydrogen-bond donors (Lipinski definition) is 3. The summed E-state index contributed by atoms with van der Waals surface area (Å²) in [5.74, 6) is 2.36. The van der Waals surface area contributed by atoms with Crippen LogP contribution in [0, 0.1) is 12.8 Å². The van der Waals surface area contributed by atoms with E-state index in [1.54, 1.807) is 31.4 Å². The third-order valence-corrected chi connectivity index (χ3v) is 15.0. The van der Waals surface area contributed by atoms with E-state index in [0.717, 1.165) is 106 Å². The molecule has 1 saturated carbocycles. The molecule has 4 aromatic rings. The molecule has 0 bridgehead atoms. The average Bonchev–Trinajstić information content (AvgIpc) is 3.89. The quantitative estimate of drug-likeness (QED) is 0.0539. The van der Waals surface area contributed by atoms with Crippen LogP contribution in [0.1, 0.15) is 171 Å². The van der Waals surface area contributed by atoms with Gasteiger partial charge in [0.25, 0.3) is 17.7 Å². The van der Waals surface area contributed by atoms with Gasteiger partial charge < -0.3 is 29.9 Å². The highest BCUT2D eigenvalue weighted by Gasteiger charge is 2.46. The van der Waals surface area contributed by atoms with Crippen molar-refractivity contribution < 1.29 is 33.4 Å². The number of anilines is 3. The second-order valence-corrected chi connectivity index (χ2v) is 19.9. The minimum Gasteiger partial charge on any atom is -0.495 e. The van der Waals surface area contributed by atoms with Gasteiger partial charge in [0.2, 0.25) is 17.8 Å². The van der Waals surface area contributed by atoms with Gasteiger partial charge in [0.15, 0.2) is 11.6 Å². The molecule has 2 saturated heterocycles. The van der Waals surface area contributed by atoms with Gasteiger partial charge in [0.05, 0.1) is 42.8 Å². The molecule has 2 atom stereocenters. The molecule has 6 heterocycles. The Morgan fingerprint density at radius 2 is 1.62 bits per heavy atom. The lowest BCUT2D eigenvalue weighted by Crippen LogP contribution is -2.54. The van der Waals surface area contributed by atoms with E-state index in [1.165, 1.54) is 51.4 Å². The number of carbonyl (C=O) groups is 5. The van der Waals surface area contributed by atoms with E-state index >= 15 is 0 Å². The minimum absolute atomic E-state index is 0.0656. The lowest BCUT2D eigenvalue weighted by atomic mass is 9.88. The Morgan fingerprint density at radius 1 is 0.859 bits per heavy atom. The smallest absolute Gasteiger partial charge is 0.266 e. The Hall–Kier alpha value is -6.43. The third kappa shape index (κ3) is 11.1. The van der Waals surface area contributed by atoms with Crippen LogP contribution in [-0.4, -0.2) is 116 Å². The van der Waals surface area contributed by atoms with Crippen molar-refractivity contribution in [1.82, 2.24) is 45.2 Å². The van der Waals surface area contributed by atoms with Gasteiger partial charge in [-0.05, 0) is 101 Å². The second kappa shape index (κ2) is 22.8. The van der Waals surface area contributed by atoms with E-state index in [9.17, 15) is 24.0 Å². The van der Waals surface area contributed by atoms with Crippen molar-refractivity contribution in [2.45, 2.75) is 148 Å². The standard InChI is InChI=1S/C53H69N11O7/c1-4-40-48-60-59-34(2)63(48)42-32-54-53(58-47(42)62(40)33-35-17-12-11-13-18-35)56-39-22-21-36(31-44(39)70-3)49(66)55-37-25-28-61(29-26-37)27-14-9-7-5-6-8-10-15-30-71-43-20-16-19-38-46(43)52(69)64(51(38)68)41-23-24-45(65)57-50(41)67/h16,19-22,31-32,35,37,40-41H,4-15,17-18,23-30,33H2,1-3H3,(H,55,66)(H,54,56,58)(H,57,65,67). The van der Waals surface area contributed by atoms with Gasteiger partial charge in [-0.15, -0.1) is 10.2 Å². The highest BCUT2D eigenvalue weighted by molar-refractivity contribution is 6.24. The molecule has 5 aliphatic rings. The molecule has 5 amide bonds. The number of rotatable bonds is 21. The van der Waals surface area contributed by atoms with Crippen LogP contribution in [0.25, 0.3) is 5.69 Å². The number of carbonyl (C=O) groups excluding carboxylic acids is 5. The molecule has 2 aromatic heterocycles. The van der Waals surface area contributed by atoms with Crippen molar-refractivity contribution in [2.24, 2.45) is 5.92 Å². The zero-order valence-electron chi connectivity index (χ0n) is 41.5. The van der Waals surface area contributed by atoms with Crippen molar-refractivity contribution in [1.29, 1.82) is 0 Å². The van der Waals surface area contributed by atoms with Crippen LogP contribution in [0.3, 0.4) is 0 Å². The molecule has 18 nitrogen and oxygen atoms in total. The van der Waals surface area contributed by atoms with E-state index in [0.29, 0.717) is 41.2 Å². The molecular formula is C53H69N11O7. The molecule has 0 spiro atoms. The van der Waals surface area contributed by atoms with Gasteiger partial charge >= 0.3 is 0 Å². The number of likely N-dealkylation sites (tertiary alicyclic amines) is 1. The van der Waals surface area contributed by atoms with E-state index in [1.807, 2.05) is 25.3 Å². The Kier molecular flexibility index (Phi) is 15.9. The molecule has 18 heteroatoms. The average molecular weight is 972 g/mol. The maximum atomic E-state index is 13.5. The molecular weight excluding hydrogens is 903 g/mol. The lowest BCUT2D eigenvalue weighted by molar-refractivity contribution is -0.136. The molecule has 71 heavy (non-hydrogen) atoms. The number of nitrogens with zero attached hydrogens (tertiary/aromatic N) is 8. The Balaban J connectivity index is 0.665. The van der Waals surface area contributed by atoms with Crippen LogP contribution < -0.4 is 30.3 Å². The highest BCUT2D eigenvalue weighted by atomic mass is 16.5. The number of benzene rings is 2. The first kappa shape index (κ1) is 49.5. The van der Waals surface area contributed by atoms with Crippen LogP contribution in [0.5, 0.6) is 11.5 Å². The maximum Gasteiger partial charge on any atom is 0.266 e. The molecule has 9 rings (SSSR count). The SMILES string of the molecule is CCC1c2nnc(C)n2-c2cnc(Nc3ccc(C(=O)NC4CCN(CCCCCCCCCCOc5cccc6c5C(=O)N(C5CCC(=O)NC5=O)C6=O)CC4)cc3OC)nc2N1CC1CCCCC1. The number of aryl methyl sites for hydroxylation is 1. The Bertz CT molecular complexity index is 2590. The number of nitrogens with one attached hydrogen (secondary N) is 3. The number of piperidine rings is 2. The van der Waals surface area contributed by atoms with Gasteiger partial charge in [-0.1, -0.05) is 70.8 Å². The van der Waals surface area contributed by atoms with E-state index in [-0.39, 0.29) is 42.0 Å². The molecule has 3 fully saturated rings. The Morgan fingerprint density at radius 3 is 2.37 bits per heavy atom. The summed E-state index contributed by atoms with van der Waals surface area (Å²) in [6, 6.07) is 9.59. The van der Waals surface area contributed by atoms with Crippen LogP contribution in [0.4, 0.5) is 17.5 Å². The van der Waals surface area contributed by atoms with E-state index in [4.69, 9.17) is 19.4 Å². The minimum atomic E-state index is -1.00. The molecule has 4 aliphatic heterocycles. The van der Waals surface area contributed by atoms with Gasteiger partial charge in [0.1, 0.15) is 29.1 Å². The summed E-state index contributed by atoms with van der Waals surface area (Å²) in [5.41, 5.74) is 2.53. The predicted molar refractivity (Wildman–Crippen MR) is 267 cm³/mol. The summed E-state index contributed by atoms with van der Waals surface area (Å²) in [6.07, 6.45) is 19.9. The molecule has 2 aromatic carbocycles. The van der Waals surface area contributed by atoms with Crippen molar-refractivity contribution in [2.75, 3.05) is 50.1 Å². The topological polar surface area (TPSA) is 206 Å². The van der Waals surface area contributed by atoms with Gasteiger partial charge in [-0.2, -0.15) is 4.98 Å². The Labute approximate surface area is 416 Å². The van der Waals surface area contributed by atoms with Crippen LogP contribution in [-0.2, 0) is 9.59 Å². The third-order valence-electron chi connectivity index (χ3n) is 15.0. The molecule has 378 valence electrons. The molecule has 3 N–H and O–H groups in total. The van der Waals surface area contributed by atoms with E-state index < -0.39 is 29.7 Å². The molecule has 2 unspecified atom stereocenters. The highest BCUT2D eigenvalue weighted by Crippen LogP contribution is 2.42. The largest absolute Gasteiger partial charge is 0.495 e. The number of hydrogen-bond acceptors (Lipinski definition) is 14. The van der Waals surface area contributed by atoms with E-state index in [2.05, 4.69) is 47.4 Å².